The molecule has 4 rings (SSSR count). The second kappa shape index (κ2) is 11.1. The molecule has 0 N–H and O–H groups in total. The predicted octanol–water partition coefficient (Wildman–Crippen LogP) is 8.11. The van der Waals surface area contributed by atoms with E-state index in [0.29, 0.717) is 3.63 Å². The fourth-order valence-electron chi connectivity index (χ4n) is 4.71. The number of benzene rings is 2. The first-order valence-corrected chi connectivity index (χ1v) is 11.8. The first-order valence-electron chi connectivity index (χ1n) is 10.4. The Morgan fingerprint density at radius 3 is 2.21 bits per heavy atom. The molecule has 0 saturated heterocycles. The van der Waals surface area contributed by atoms with E-state index < -0.39 is 0 Å². The van der Waals surface area contributed by atoms with Crippen molar-refractivity contribution in [3.05, 3.63) is 64.7 Å². The summed E-state index contributed by atoms with van der Waals surface area (Å²) in [4.78, 5) is 0. The smallest absolute Gasteiger partial charge is 0.147 e. The molecule has 1 saturated carbocycles. The van der Waals surface area contributed by atoms with Crippen molar-refractivity contribution in [2.75, 3.05) is 0 Å². The molecule has 2 aliphatic carbocycles. The van der Waals surface area contributed by atoms with E-state index in [0.717, 1.165) is 12.3 Å². The minimum Gasteiger partial charge on any atom is -0.147 e. The van der Waals surface area contributed by atoms with Crippen LogP contribution in [0.25, 0.3) is 17.2 Å². The van der Waals surface area contributed by atoms with E-state index in [1.165, 1.54) is 67.2 Å². The number of halogens is 2. The minimum absolute atomic E-state index is 0. The van der Waals surface area contributed by atoms with Crippen molar-refractivity contribution in [2.24, 2.45) is 5.92 Å². The van der Waals surface area contributed by atoms with Crippen molar-refractivity contribution < 1.29 is 24.7 Å². The number of fused-ring (bicyclic) bond motifs is 1. The molecule has 0 nitrogen and oxygen atoms in total. The van der Waals surface area contributed by atoms with Crippen LogP contribution in [0.2, 0.25) is 0 Å². The van der Waals surface area contributed by atoms with Gasteiger partial charge >= 0.3 is 174 Å². The van der Waals surface area contributed by atoms with E-state index in [1.807, 2.05) is 0 Å². The Morgan fingerprint density at radius 2 is 1.57 bits per heavy atom. The van der Waals surface area contributed by atoms with E-state index >= 15 is 0 Å². The largest absolute Gasteiger partial charge is 0.147 e. The Kier molecular flexibility index (Phi) is 9.52. The van der Waals surface area contributed by atoms with Gasteiger partial charge in [0.2, 0.25) is 0 Å². The zero-order valence-electron chi connectivity index (χ0n) is 16.7. The van der Waals surface area contributed by atoms with Gasteiger partial charge in [-0.1, -0.05) is 0 Å². The Hall–Kier alpha value is -0.357. The zero-order valence-corrected chi connectivity index (χ0v) is 20.8. The molecule has 0 aliphatic heterocycles. The van der Waals surface area contributed by atoms with Crippen LogP contribution in [0.3, 0.4) is 0 Å². The Morgan fingerprint density at radius 1 is 0.893 bits per heavy atom. The third-order valence-corrected chi connectivity index (χ3v) is 8.00. The van der Waals surface area contributed by atoms with Gasteiger partial charge in [0.05, 0.1) is 0 Å². The van der Waals surface area contributed by atoms with Gasteiger partial charge in [-0.2, -0.15) is 0 Å². The summed E-state index contributed by atoms with van der Waals surface area (Å²) >= 11 is 1.65. The van der Waals surface area contributed by atoms with Gasteiger partial charge in [0, 0.05) is 0 Å². The summed E-state index contributed by atoms with van der Waals surface area (Å²) in [6.45, 7) is 2.22. The molecule has 0 radical (unpaired) electrons. The second-order valence-electron chi connectivity index (χ2n) is 8.07. The van der Waals surface area contributed by atoms with Crippen LogP contribution in [-0.2, 0) is 31.1 Å². The molecule has 0 bridgehead atoms. The average molecular weight is 494 g/mol. The molecule has 149 valence electrons. The first-order chi connectivity index (χ1) is 12.8. The molecule has 28 heavy (non-hydrogen) atoms. The van der Waals surface area contributed by atoms with Gasteiger partial charge in [-0.25, -0.2) is 0 Å². The Balaban J connectivity index is 0.00000140. The van der Waals surface area contributed by atoms with Crippen LogP contribution in [0.1, 0.15) is 72.2 Å². The summed E-state index contributed by atoms with van der Waals surface area (Å²) in [7, 11) is 0. The maximum absolute atomic E-state index is 2.56. The fraction of sp³-hybridized carbons (Fsp3) is 0.440. The number of allylic oxidation sites excluding steroid dienone is 1. The van der Waals surface area contributed by atoms with Gasteiger partial charge < -0.3 is 0 Å². The normalized spacial score (nSPS) is 19.0. The minimum atomic E-state index is 0. The quantitative estimate of drug-likeness (QED) is 0.378. The summed E-state index contributed by atoms with van der Waals surface area (Å²) < 4.78 is 0.676. The molecule has 2 aromatic carbocycles. The molecule has 2 aromatic rings. The van der Waals surface area contributed by atoms with Gasteiger partial charge in [0.15, 0.2) is 0 Å². The van der Waals surface area contributed by atoms with Gasteiger partial charge in [0.25, 0.3) is 0 Å². The van der Waals surface area contributed by atoms with Gasteiger partial charge in [-0.05, 0) is 0 Å². The summed E-state index contributed by atoms with van der Waals surface area (Å²) in [5, 5.41) is 0. The molecule has 1 unspecified atom stereocenters. The van der Waals surface area contributed by atoms with Crippen molar-refractivity contribution in [3.63, 3.8) is 0 Å². The topological polar surface area (TPSA) is 0 Å². The van der Waals surface area contributed by atoms with Crippen molar-refractivity contribution in [1.82, 2.24) is 0 Å². The van der Waals surface area contributed by atoms with Crippen molar-refractivity contribution in [1.29, 1.82) is 0 Å². The Labute approximate surface area is 198 Å². The Bertz CT molecular complexity index is 787. The molecule has 0 spiro atoms. The number of aryl methyl sites for hydroxylation is 1. The molecule has 3 heteroatoms. The van der Waals surface area contributed by atoms with Gasteiger partial charge in [-0.15, -0.1) is 24.8 Å². The summed E-state index contributed by atoms with van der Waals surface area (Å²) in [5.74, 6) is 0.924. The molecule has 2 aliphatic rings. The maximum atomic E-state index is 2.56. The van der Waals surface area contributed by atoms with Crippen LogP contribution < -0.4 is 0 Å². The first kappa shape index (κ1) is 23.9. The van der Waals surface area contributed by atoms with E-state index in [2.05, 4.69) is 55.5 Å². The van der Waals surface area contributed by atoms with Crippen molar-refractivity contribution in [3.8, 4) is 11.1 Å². The van der Waals surface area contributed by atoms with E-state index in [-0.39, 0.29) is 24.8 Å². The zero-order chi connectivity index (χ0) is 17.9. The van der Waals surface area contributed by atoms with E-state index in [9.17, 15) is 0 Å². The van der Waals surface area contributed by atoms with E-state index in [1.54, 1.807) is 35.9 Å². The fourth-order valence-corrected chi connectivity index (χ4v) is 5.83. The van der Waals surface area contributed by atoms with Crippen LogP contribution in [0.15, 0.2) is 48.0 Å². The van der Waals surface area contributed by atoms with Gasteiger partial charge in [0.1, 0.15) is 0 Å². The summed E-state index contributed by atoms with van der Waals surface area (Å²) in [6, 6.07) is 16.1. The third kappa shape index (κ3) is 5.22. The second-order valence-corrected chi connectivity index (χ2v) is 9.49. The maximum Gasteiger partial charge on any atom is -0.147 e. The molecular formula is C25H31Cl2Zr. The van der Waals surface area contributed by atoms with E-state index in [4.69, 9.17) is 0 Å². The molecular weight excluding hydrogens is 462 g/mol. The van der Waals surface area contributed by atoms with Crippen LogP contribution in [-0.4, -0.2) is 0 Å². The predicted molar refractivity (Wildman–Crippen MR) is 122 cm³/mol. The summed E-state index contributed by atoms with van der Waals surface area (Å²) in [5.41, 5.74) is 9.00. The van der Waals surface area contributed by atoms with Crippen molar-refractivity contribution >= 4 is 30.9 Å². The molecule has 1 atom stereocenters. The molecule has 1 fully saturated rings. The standard InChI is InChI=1S/C25H29.2ClH.Zr/c1-2-19-12-14-22(15-13-19)24-11-7-10-23-17-21(18-25(23)24)16-20-8-5-3-4-6-9-20;;;/h7,10-15,17-18,20H,2-6,8-9,16H2,1H3;2*1H;. The summed E-state index contributed by atoms with van der Waals surface area (Å²) in [6.07, 6.45) is 13.7. The third-order valence-electron chi connectivity index (χ3n) is 6.32. The van der Waals surface area contributed by atoms with Crippen LogP contribution in [0, 0.1) is 5.92 Å². The van der Waals surface area contributed by atoms with Gasteiger partial charge in [-0.3, -0.25) is 0 Å². The SMILES string of the molecule is CCc1ccc(-c2cccc3c2C=C(CC2CCCCCC2)[CH]3[Zr])cc1.Cl.Cl. The monoisotopic (exact) mass is 491 g/mol. The van der Waals surface area contributed by atoms with Crippen molar-refractivity contribution in [2.45, 2.75) is 61.9 Å². The van der Waals surface area contributed by atoms with Crippen LogP contribution >= 0.6 is 24.8 Å². The number of hydrogen-bond acceptors (Lipinski definition) is 0. The van der Waals surface area contributed by atoms with Crippen LogP contribution in [0.5, 0.6) is 0 Å². The number of hydrogen-bond donors (Lipinski definition) is 0. The molecule has 0 aromatic heterocycles. The molecule has 0 heterocycles. The van der Waals surface area contributed by atoms with Crippen LogP contribution in [0.4, 0.5) is 0 Å². The average Bonchev–Trinajstić information content (AvgIpc) is 2.85. The number of rotatable bonds is 4. The molecule has 0 amide bonds.